The summed E-state index contributed by atoms with van der Waals surface area (Å²) in [4.78, 5) is 25.2. The lowest BCUT2D eigenvalue weighted by Crippen LogP contribution is -3.14. The van der Waals surface area contributed by atoms with Crippen LogP contribution in [0.25, 0.3) is 0 Å². The minimum Gasteiger partial charge on any atom is -0.466 e. The molecule has 1 atom stereocenters. The number of piperidine rings is 1. The Hall–Kier alpha value is -1.88. The van der Waals surface area contributed by atoms with Crippen LogP contribution in [0.4, 0.5) is 0 Å². The van der Waals surface area contributed by atoms with Gasteiger partial charge in [0.2, 0.25) is 0 Å². The molecule has 1 amide bonds. The van der Waals surface area contributed by atoms with Crippen LogP contribution < -0.4 is 10.2 Å². The molecule has 25 heavy (non-hydrogen) atoms. The monoisotopic (exact) mass is 347 g/mol. The van der Waals surface area contributed by atoms with Crippen LogP contribution in [-0.4, -0.2) is 44.2 Å². The molecule has 0 aliphatic carbocycles. The number of quaternary nitrogens is 1. The van der Waals surface area contributed by atoms with Crippen LogP contribution in [0.5, 0.6) is 0 Å². The van der Waals surface area contributed by atoms with E-state index in [0.717, 1.165) is 38.8 Å². The second kappa shape index (κ2) is 10.2. The molecule has 1 saturated heterocycles. The average molecular weight is 347 g/mol. The number of carbonyl (C=O) groups excluding carboxylic acids is 2. The van der Waals surface area contributed by atoms with Gasteiger partial charge < -0.3 is 15.0 Å². The van der Waals surface area contributed by atoms with Gasteiger partial charge in [-0.05, 0) is 32.3 Å². The van der Waals surface area contributed by atoms with Crippen molar-refractivity contribution in [2.24, 2.45) is 5.92 Å². The Balaban J connectivity index is 1.64. The van der Waals surface area contributed by atoms with Crippen LogP contribution in [0.15, 0.2) is 30.3 Å². The number of carbonyl (C=O) groups is 2. The van der Waals surface area contributed by atoms with Gasteiger partial charge in [-0.1, -0.05) is 30.3 Å². The molecule has 1 heterocycles. The molecule has 0 aromatic heterocycles. The number of ether oxygens (including phenoxy) is 1. The van der Waals surface area contributed by atoms with Crippen LogP contribution in [-0.2, 0) is 20.7 Å². The van der Waals surface area contributed by atoms with E-state index in [2.05, 4.69) is 24.4 Å². The fourth-order valence-corrected chi connectivity index (χ4v) is 3.35. The number of aryl methyl sites for hydroxylation is 1. The Labute approximate surface area is 150 Å². The summed E-state index contributed by atoms with van der Waals surface area (Å²) in [7, 11) is 0. The second-order valence-electron chi connectivity index (χ2n) is 6.95. The molecule has 0 unspecified atom stereocenters. The third kappa shape index (κ3) is 6.86. The Morgan fingerprint density at radius 1 is 1.24 bits per heavy atom. The van der Waals surface area contributed by atoms with Gasteiger partial charge in [0.15, 0.2) is 6.54 Å². The van der Waals surface area contributed by atoms with Crippen molar-refractivity contribution in [1.82, 2.24) is 5.32 Å². The van der Waals surface area contributed by atoms with Gasteiger partial charge in [0.05, 0.1) is 25.6 Å². The number of esters is 1. The SMILES string of the molecule is CCOC(=O)C1CC[NH+](CC(=O)N[C@H](C)CCc2ccccc2)CC1. The molecule has 1 fully saturated rings. The molecule has 2 N–H and O–H groups in total. The van der Waals surface area contributed by atoms with Crippen LogP contribution in [0.1, 0.15) is 38.7 Å². The first-order valence-corrected chi connectivity index (χ1v) is 9.42. The predicted molar refractivity (Wildman–Crippen MR) is 97.3 cm³/mol. The molecule has 1 aliphatic rings. The van der Waals surface area contributed by atoms with Crippen LogP contribution in [0.3, 0.4) is 0 Å². The fraction of sp³-hybridized carbons (Fsp3) is 0.600. The van der Waals surface area contributed by atoms with Gasteiger partial charge in [-0.25, -0.2) is 0 Å². The number of amides is 1. The van der Waals surface area contributed by atoms with E-state index in [1.807, 2.05) is 25.1 Å². The van der Waals surface area contributed by atoms with Crippen molar-refractivity contribution in [3.05, 3.63) is 35.9 Å². The molecule has 0 bridgehead atoms. The lowest BCUT2D eigenvalue weighted by molar-refractivity contribution is -0.897. The Bertz CT molecular complexity index is 539. The third-order valence-corrected chi connectivity index (χ3v) is 4.84. The van der Waals surface area contributed by atoms with E-state index in [1.165, 1.54) is 10.5 Å². The zero-order chi connectivity index (χ0) is 18.1. The maximum atomic E-state index is 12.2. The van der Waals surface area contributed by atoms with Crippen molar-refractivity contribution in [3.8, 4) is 0 Å². The summed E-state index contributed by atoms with van der Waals surface area (Å²) in [6, 6.07) is 10.5. The number of benzene rings is 1. The van der Waals surface area contributed by atoms with Crippen molar-refractivity contribution < 1.29 is 19.2 Å². The van der Waals surface area contributed by atoms with E-state index in [9.17, 15) is 9.59 Å². The molecule has 1 aromatic rings. The summed E-state index contributed by atoms with van der Waals surface area (Å²) in [5, 5.41) is 3.10. The van der Waals surface area contributed by atoms with Gasteiger partial charge in [-0.15, -0.1) is 0 Å². The maximum Gasteiger partial charge on any atom is 0.309 e. The molecule has 1 aliphatic heterocycles. The van der Waals surface area contributed by atoms with Crippen molar-refractivity contribution in [2.45, 2.75) is 45.6 Å². The molecule has 2 rings (SSSR count). The lowest BCUT2D eigenvalue weighted by atomic mass is 9.97. The van der Waals surface area contributed by atoms with Crippen molar-refractivity contribution >= 4 is 11.9 Å². The van der Waals surface area contributed by atoms with Crippen molar-refractivity contribution in [3.63, 3.8) is 0 Å². The van der Waals surface area contributed by atoms with Gasteiger partial charge in [-0.2, -0.15) is 0 Å². The first-order chi connectivity index (χ1) is 12.1. The van der Waals surface area contributed by atoms with E-state index in [1.54, 1.807) is 0 Å². The third-order valence-electron chi connectivity index (χ3n) is 4.84. The van der Waals surface area contributed by atoms with Gasteiger partial charge in [0, 0.05) is 18.9 Å². The Kier molecular flexibility index (Phi) is 7.92. The second-order valence-corrected chi connectivity index (χ2v) is 6.95. The quantitative estimate of drug-likeness (QED) is 0.689. The molecule has 0 radical (unpaired) electrons. The summed E-state index contributed by atoms with van der Waals surface area (Å²) >= 11 is 0. The summed E-state index contributed by atoms with van der Waals surface area (Å²) in [5.74, 6) is 0.0299. The first kappa shape index (κ1) is 19.4. The largest absolute Gasteiger partial charge is 0.466 e. The number of rotatable bonds is 8. The molecule has 5 nitrogen and oxygen atoms in total. The molecule has 5 heteroatoms. The normalized spacial score (nSPS) is 21.4. The number of likely N-dealkylation sites (tertiary alicyclic amines) is 1. The maximum absolute atomic E-state index is 12.2. The number of hydrogen-bond donors (Lipinski definition) is 2. The highest BCUT2D eigenvalue weighted by atomic mass is 16.5. The minimum absolute atomic E-state index is 0.0107. The summed E-state index contributed by atoms with van der Waals surface area (Å²) < 4.78 is 5.09. The van der Waals surface area contributed by atoms with E-state index in [0.29, 0.717) is 13.2 Å². The van der Waals surface area contributed by atoms with Crippen molar-refractivity contribution in [2.75, 3.05) is 26.2 Å². The lowest BCUT2D eigenvalue weighted by Gasteiger charge is -2.28. The van der Waals surface area contributed by atoms with E-state index in [-0.39, 0.29) is 23.8 Å². The standard InChI is InChI=1S/C20H30N2O3/c1-3-25-20(24)18-11-13-22(14-12-18)15-19(23)21-16(2)9-10-17-7-5-4-6-8-17/h4-8,16,18H,3,9-15H2,1-2H3,(H,21,23)/p+1/t16-/m1/s1. The molecule has 1 aromatic carbocycles. The van der Waals surface area contributed by atoms with E-state index in [4.69, 9.17) is 4.74 Å². The minimum atomic E-state index is -0.0828. The summed E-state index contributed by atoms with van der Waals surface area (Å²) in [6.45, 7) is 6.54. The summed E-state index contributed by atoms with van der Waals surface area (Å²) in [6.07, 6.45) is 3.53. The number of nitrogens with one attached hydrogen (secondary N) is 2. The van der Waals surface area contributed by atoms with Crippen molar-refractivity contribution in [1.29, 1.82) is 0 Å². The molecule has 0 saturated carbocycles. The Morgan fingerprint density at radius 2 is 1.92 bits per heavy atom. The highest BCUT2D eigenvalue weighted by Gasteiger charge is 2.29. The highest BCUT2D eigenvalue weighted by molar-refractivity contribution is 5.77. The van der Waals surface area contributed by atoms with E-state index < -0.39 is 0 Å². The molecular weight excluding hydrogens is 316 g/mol. The van der Waals surface area contributed by atoms with Crippen LogP contribution in [0.2, 0.25) is 0 Å². The average Bonchev–Trinajstić information content (AvgIpc) is 2.61. The fourth-order valence-electron chi connectivity index (χ4n) is 3.35. The number of hydrogen-bond acceptors (Lipinski definition) is 3. The topological polar surface area (TPSA) is 59.8 Å². The summed E-state index contributed by atoms with van der Waals surface area (Å²) in [5.41, 5.74) is 1.30. The van der Waals surface area contributed by atoms with Gasteiger partial charge in [-0.3, -0.25) is 9.59 Å². The highest BCUT2D eigenvalue weighted by Crippen LogP contribution is 2.11. The smallest absolute Gasteiger partial charge is 0.309 e. The zero-order valence-corrected chi connectivity index (χ0v) is 15.4. The zero-order valence-electron chi connectivity index (χ0n) is 15.4. The molecule has 138 valence electrons. The van der Waals surface area contributed by atoms with Crippen LogP contribution >= 0.6 is 0 Å². The predicted octanol–water partition coefficient (Wildman–Crippen LogP) is 0.982. The van der Waals surface area contributed by atoms with Gasteiger partial charge in [0.1, 0.15) is 0 Å². The van der Waals surface area contributed by atoms with Crippen LogP contribution in [0, 0.1) is 5.92 Å². The van der Waals surface area contributed by atoms with E-state index >= 15 is 0 Å². The molecular formula is C20H31N2O3+. The van der Waals surface area contributed by atoms with Gasteiger partial charge in [0.25, 0.3) is 5.91 Å². The molecule has 0 spiro atoms. The Morgan fingerprint density at radius 3 is 2.56 bits per heavy atom. The first-order valence-electron chi connectivity index (χ1n) is 9.42. The van der Waals surface area contributed by atoms with Gasteiger partial charge >= 0.3 is 5.97 Å².